The van der Waals surface area contributed by atoms with Gasteiger partial charge >= 0.3 is 0 Å². The molecule has 132 valence electrons. The molecule has 0 unspecified atom stereocenters. The van der Waals surface area contributed by atoms with Gasteiger partial charge in [-0.25, -0.2) is 0 Å². The number of nitro benzene ring substituents is 1. The number of carbonyl (C=O) groups is 1. The van der Waals surface area contributed by atoms with Gasteiger partial charge in [0.25, 0.3) is 11.6 Å². The molecule has 2 rings (SSSR count). The predicted molar refractivity (Wildman–Crippen MR) is 93.3 cm³/mol. The lowest BCUT2D eigenvalue weighted by Gasteiger charge is -2.15. The third-order valence-electron chi connectivity index (χ3n) is 3.59. The van der Waals surface area contributed by atoms with Crippen LogP contribution in [0.1, 0.15) is 22.8 Å². The summed E-state index contributed by atoms with van der Waals surface area (Å²) in [5.74, 6) is 1.11. The van der Waals surface area contributed by atoms with Gasteiger partial charge in [-0.3, -0.25) is 14.9 Å². The number of nitrogens with one attached hydrogen (secondary N) is 1. The molecule has 0 bridgehead atoms. The summed E-state index contributed by atoms with van der Waals surface area (Å²) < 4.78 is 10.7. The summed E-state index contributed by atoms with van der Waals surface area (Å²) in [6.45, 7) is 3.72. The minimum Gasteiger partial charge on any atom is -0.497 e. The number of rotatable bonds is 7. The Hall–Kier alpha value is -3.09. The van der Waals surface area contributed by atoms with E-state index >= 15 is 0 Å². The van der Waals surface area contributed by atoms with Gasteiger partial charge in [-0.15, -0.1) is 0 Å². The zero-order chi connectivity index (χ0) is 18.4. The summed E-state index contributed by atoms with van der Waals surface area (Å²) in [5, 5.41) is 13.6. The molecule has 0 fully saturated rings. The number of amides is 1. The molecule has 0 spiro atoms. The maximum Gasteiger partial charge on any atom is 0.272 e. The molecule has 1 N–H and O–H groups in total. The summed E-state index contributed by atoms with van der Waals surface area (Å²) in [4.78, 5) is 22.6. The molecule has 0 aromatic heterocycles. The van der Waals surface area contributed by atoms with Gasteiger partial charge in [0, 0.05) is 17.2 Å². The Morgan fingerprint density at radius 3 is 2.40 bits per heavy atom. The van der Waals surface area contributed by atoms with Gasteiger partial charge in [0.15, 0.2) is 0 Å². The van der Waals surface area contributed by atoms with E-state index in [4.69, 9.17) is 9.47 Å². The van der Waals surface area contributed by atoms with Gasteiger partial charge in [-0.05, 0) is 50.2 Å². The van der Waals surface area contributed by atoms with Crippen molar-refractivity contribution in [2.24, 2.45) is 0 Å². The second-order valence-corrected chi connectivity index (χ2v) is 5.62. The molecule has 0 aliphatic heterocycles. The molecule has 7 nitrogen and oxygen atoms in total. The lowest BCUT2D eigenvalue weighted by atomic mass is 10.1. The van der Waals surface area contributed by atoms with Crippen LogP contribution in [-0.2, 0) is 0 Å². The zero-order valence-electron chi connectivity index (χ0n) is 14.3. The summed E-state index contributed by atoms with van der Waals surface area (Å²) in [5.41, 5.74) is 0.812. The maximum absolute atomic E-state index is 12.2. The average Bonchev–Trinajstić information content (AvgIpc) is 2.60. The van der Waals surface area contributed by atoms with E-state index in [1.165, 1.54) is 18.2 Å². The van der Waals surface area contributed by atoms with Crippen molar-refractivity contribution in [1.29, 1.82) is 0 Å². The number of nitro groups is 1. The van der Waals surface area contributed by atoms with Crippen LogP contribution in [0, 0.1) is 17.0 Å². The fraction of sp³-hybridized carbons (Fsp3) is 0.278. The molecule has 0 saturated heterocycles. The predicted octanol–water partition coefficient (Wildman–Crippen LogP) is 3.11. The molecular weight excluding hydrogens is 324 g/mol. The van der Waals surface area contributed by atoms with Crippen molar-refractivity contribution in [2.75, 3.05) is 13.7 Å². The SMILES string of the molecule is COc1ccc(OC[C@@H](C)NC(=O)c2ccc([N+](=O)[O-])c(C)c2)cc1. The van der Waals surface area contributed by atoms with Crippen molar-refractivity contribution in [3.63, 3.8) is 0 Å². The third-order valence-corrected chi connectivity index (χ3v) is 3.59. The second-order valence-electron chi connectivity index (χ2n) is 5.62. The Morgan fingerprint density at radius 1 is 1.20 bits per heavy atom. The van der Waals surface area contributed by atoms with Crippen LogP contribution in [0.4, 0.5) is 5.69 Å². The van der Waals surface area contributed by atoms with Crippen molar-refractivity contribution in [3.05, 3.63) is 63.7 Å². The quantitative estimate of drug-likeness (QED) is 0.615. The summed E-state index contributed by atoms with van der Waals surface area (Å²) in [6, 6.07) is 11.2. The Balaban J connectivity index is 1.91. The fourth-order valence-electron chi connectivity index (χ4n) is 2.24. The van der Waals surface area contributed by atoms with Gasteiger partial charge < -0.3 is 14.8 Å². The van der Waals surface area contributed by atoms with E-state index in [9.17, 15) is 14.9 Å². The van der Waals surface area contributed by atoms with Gasteiger partial charge in [-0.2, -0.15) is 0 Å². The fourth-order valence-corrected chi connectivity index (χ4v) is 2.24. The molecular formula is C18H20N2O5. The van der Waals surface area contributed by atoms with Crippen molar-refractivity contribution >= 4 is 11.6 Å². The van der Waals surface area contributed by atoms with E-state index in [-0.39, 0.29) is 17.6 Å². The van der Waals surface area contributed by atoms with Crippen LogP contribution in [0.2, 0.25) is 0 Å². The molecule has 2 aromatic rings. The molecule has 0 saturated carbocycles. The van der Waals surface area contributed by atoms with Gasteiger partial charge in [0.1, 0.15) is 18.1 Å². The van der Waals surface area contributed by atoms with Crippen molar-refractivity contribution in [1.82, 2.24) is 5.32 Å². The first kappa shape index (κ1) is 18.3. The number of benzene rings is 2. The van der Waals surface area contributed by atoms with E-state index in [1.54, 1.807) is 38.3 Å². The molecule has 0 radical (unpaired) electrons. The highest BCUT2D eigenvalue weighted by Gasteiger charge is 2.15. The lowest BCUT2D eigenvalue weighted by Crippen LogP contribution is -2.36. The Morgan fingerprint density at radius 2 is 1.84 bits per heavy atom. The molecule has 2 aromatic carbocycles. The monoisotopic (exact) mass is 344 g/mol. The Kier molecular flexibility index (Phi) is 5.94. The lowest BCUT2D eigenvalue weighted by molar-refractivity contribution is -0.385. The molecule has 0 heterocycles. The van der Waals surface area contributed by atoms with Gasteiger partial charge in [0.05, 0.1) is 18.1 Å². The number of carbonyl (C=O) groups excluding carboxylic acids is 1. The first-order valence-corrected chi connectivity index (χ1v) is 7.73. The van der Waals surface area contributed by atoms with E-state index in [0.717, 1.165) is 5.75 Å². The van der Waals surface area contributed by atoms with Crippen LogP contribution in [0.15, 0.2) is 42.5 Å². The number of nitrogens with zero attached hydrogens (tertiary/aromatic N) is 1. The minimum atomic E-state index is -0.470. The van der Waals surface area contributed by atoms with E-state index in [0.29, 0.717) is 23.5 Å². The van der Waals surface area contributed by atoms with Crippen LogP contribution in [0.25, 0.3) is 0 Å². The first-order valence-electron chi connectivity index (χ1n) is 7.73. The number of hydrogen-bond acceptors (Lipinski definition) is 5. The summed E-state index contributed by atoms with van der Waals surface area (Å²) in [7, 11) is 1.59. The van der Waals surface area contributed by atoms with Gasteiger partial charge in [0.2, 0.25) is 0 Å². The largest absolute Gasteiger partial charge is 0.497 e. The van der Waals surface area contributed by atoms with Crippen LogP contribution < -0.4 is 14.8 Å². The molecule has 0 aliphatic rings. The number of methoxy groups -OCH3 is 1. The van der Waals surface area contributed by atoms with Crippen molar-refractivity contribution in [3.8, 4) is 11.5 Å². The second kappa shape index (κ2) is 8.14. The number of ether oxygens (including phenoxy) is 2. The van der Waals surface area contributed by atoms with Gasteiger partial charge in [-0.1, -0.05) is 0 Å². The highest BCUT2D eigenvalue weighted by molar-refractivity contribution is 5.94. The maximum atomic E-state index is 12.2. The molecule has 25 heavy (non-hydrogen) atoms. The minimum absolute atomic E-state index is 0.00700. The average molecular weight is 344 g/mol. The smallest absolute Gasteiger partial charge is 0.272 e. The number of aryl methyl sites for hydroxylation is 1. The Labute approximate surface area is 145 Å². The van der Waals surface area contributed by atoms with E-state index in [1.807, 2.05) is 6.92 Å². The topological polar surface area (TPSA) is 90.7 Å². The highest BCUT2D eigenvalue weighted by Crippen LogP contribution is 2.19. The van der Waals surface area contributed by atoms with E-state index in [2.05, 4.69) is 5.32 Å². The summed E-state index contributed by atoms with van der Waals surface area (Å²) >= 11 is 0. The third kappa shape index (κ3) is 4.94. The number of hydrogen-bond donors (Lipinski definition) is 1. The molecule has 7 heteroatoms. The van der Waals surface area contributed by atoms with Crippen LogP contribution in [-0.4, -0.2) is 30.6 Å². The van der Waals surface area contributed by atoms with Crippen molar-refractivity contribution < 1.29 is 19.2 Å². The molecule has 1 atom stereocenters. The Bertz CT molecular complexity index is 759. The molecule has 1 amide bonds. The van der Waals surface area contributed by atoms with Crippen LogP contribution in [0.3, 0.4) is 0 Å². The molecule has 0 aliphatic carbocycles. The zero-order valence-corrected chi connectivity index (χ0v) is 14.3. The van der Waals surface area contributed by atoms with E-state index < -0.39 is 4.92 Å². The standard InChI is InChI=1S/C18H20N2O5/c1-12-10-14(4-9-17(12)20(22)23)18(21)19-13(2)11-25-16-7-5-15(24-3)6-8-16/h4-10,13H,11H2,1-3H3,(H,19,21)/t13-/m1/s1. The normalized spacial score (nSPS) is 11.5. The van der Waals surface area contributed by atoms with Crippen LogP contribution >= 0.6 is 0 Å². The van der Waals surface area contributed by atoms with Crippen LogP contribution in [0.5, 0.6) is 11.5 Å². The van der Waals surface area contributed by atoms with Crippen molar-refractivity contribution in [2.45, 2.75) is 19.9 Å². The summed E-state index contributed by atoms with van der Waals surface area (Å²) in [6.07, 6.45) is 0. The first-order chi connectivity index (χ1) is 11.9. The highest BCUT2D eigenvalue weighted by atomic mass is 16.6.